The van der Waals surface area contributed by atoms with Crippen molar-refractivity contribution in [3.63, 3.8) is 0 Å². The molecule has 0 saturated heterocycles. The van der Waals surface area contributed by atoms with Gasteiger partial charge in [0.1, 0.15) is 5.25 Å². The molecule has 1 atom stereocenters. The lowest BCUT2D eigenvalue weighted by molar-refractivity contribution is -0.115. The fourth-order valence-electron chi connectivity index (χ4n) is 1.68. The highest BCUT2D eigenvalue weighted by atomic mass is 32.2. The highest BCUT2D eigenvalue weighted by molar-refractivity contribution is 7.92. The number of sulfone groups is 1. The first-order valence-electron chi connectivity index (χ1n) is 6.22. The minimum Gasteiger partial charge on any atom is -0.326 e. The number of carbonyl (C=O) groups excluding carboxylic acids is 1. The van der Waals surface area contributed by atoms with Crippen LogP contribution >= 0.6 is 0 Å². The van der Waals surface area contributed by atoms with Gasteiger partial charge in [0.2, 0.25) is 5.91 Å². The Balaban J connectivity index is 2.85. The largest absolute Gasteiger partial charge is 0.326 e. The van der Waals surface area contributed by atoms with Gasteiger partial charge < -0.3 is 11.1 Å². The molecule has 5 nitrogen and oxygen atoms in total. The van der Waals surface area contributed by atoms with Crippen molar-refractivity contribution >= 4 is 21.4 Å². The number of para-hydroxylation sites is 1. The van der Waals surface area contributed by atoms with E-state index in [1.54, 1.807) is 25.1 Å². The van der Waals surface area contributed by atoms with E-state index in [4.69, 9.17) is 5.73 Å². The van der Waals surface area contributed by atoms with Crippen molar-refractivity contribution in [2.45, 2.75) is 32.1 Å². The SMILES string of the molecule is CCCS(=O)(=O)C(C)C(=O)Nc1ccccc1CN. The number of carbonyl (C=O) groups is 1. The van der Waals surface area contributed by atoms with Crippen LogP contribution in [0.15, 0.2) is 24.3 Å². The van der Waals surface area contributed by atoms with Gasteiger partial charge in [-0.25, -0.2) is 8.42 Å². The molecular weight excluding hydrogens is 264 g/mol. The normalized spacial score (nSPS) is 13.0. The molecule has 1 rings (SSSR count). The maximum atomic E-state index is 12.0. The van der Waals surface area contributed by atoms with Crippen molar-refractivity contribution < 1.29 is 13.2 Å². The molecule has 0 aromatic heterocycles. The number of hydrogen-bond acceptors (Lipinski definition) is 4. The van der Waals surface area contributed by atoms with Crippen LogP contribution in [0.4, 0.5) is 5.69 Å². The molecular formula is C13H20N2O3S. The van der Waals surface area contributed by atoms with E-state index >= 15 is 0 Å². The first kappa shape index (κ1) is 15.7. The summed E-state index contributed by atoms with van der Waals surface area (Å²) in [5.74, 6) is -0.505. The molecule has 0 aliphatic carbocycles. The van der Waals surface area contributed by atoms with E-state index in [0.717, 1.165) is 5.56 Å². The van der Waals surface area contributed by atoms with Crippen LogP contribution in [0.1, 0.15) is 25.8 Å². The smallest absolute Gasteiger partial charge is 0.242 e. The molecule has 0 radical (unpaired) electrons. The van der Waals surface area contributed by atoms with Crippen molar-refractivity contribution in [3.05, 3.63) is 29.8 Å². The van der Waals surface area contributed by atoms with Crippen LogP contribution in [0, 0.1) is 0 Å². The number of amides is 1. The zero-order valence-electron chi connectivity index (χ0n) is 11.2. The molecule has 0 aliphatic heterocycles. The third-order valence-electron chi connectivity index (χ3n) is 2.89. The van der Waals surface area contributed by atoms with Gasteiger partial charge in [-0.15, -0.1) is 0 Å². The Hall–Kier alpha value is -1.40. The lowest BCUT2D eigenvalue weighted by Gasteiger charge is -2.14. The van der Waals surface area contributed by atoms with Crippen LogP contribution in [-0.4, -0.2) is 25.3 Å². The number of rotatable bonds is 6. The Kier molecular flexibility index (Phi) is 5.50. The van der Waals surface area contributed by atoms with E-state index in [9.17, 15) is 13.2 Å². The van der Waals surface area contributed by atoms with Crippen LogP contribution in [-0.2, 0) is 21.2 Å². The Bertz CT molecular complexity index is 541. The van der Waals surface area contributed by atoms with E-state index in [-0.39, 0.29) is 12.3 Å². The van der Waals surface area contributed by atoms with Gasteiger partial charge in [0.05, 0.1) is 5.75 Å². The van der Waals surface area contributed by atoms with Gasteiger partial charge in [0.25, 0.3) is 0 Å². The van der Waals surface area contributed by atoms with Crippen LogP contribution in [0.25, 0.3) is 0 Å². The van der Waals surface area contributed by atoms with Crippen molar-refractivity contribution in [1.82, 2.24) is 0 Å². The number of hydrogen-bond donors (Lipinski definition) is 2. The molecule has 1 unspecified atom stereocenters. The molecule has 1 amide bonds. The number of nitrogens with two attached hydrogens (primary N) is 1. The lowest BCUT2D eigenvalue weighted by Crippen LogP contribution is -2.34. The van der Waals surface area contributed by atoms with Gasteiger partial charge in [-0.1, -0.05) is 25.1 Å². The number of nitrogens with one attached hydrogen (secondary N) is 1. The van der Waals surface area contributed by atoms with Gasteiger partial charge in [0, 0.05) is 12.2 Å². The summed E-state index contributed by atoms with van der Waals surface area (Å²) in [5, 5.41) is 1.57. The summed E-state index contributed by atoms with van der Waals surface area (Å²) in [6.45, 7) is 3.46. The van der Waals surface area contributed by atoms with E-state index in [0.29, 0.717) is 12.1 Å². The Morgan fingerprint density at radius 1 is 1.37 bits per heavy atom. The monoisotopic (exact) mass is 284 g/mol. The quantitative estimate of drug-likeness (QED) is 0.824. The van der Waals surface area contributed by atoms with Crippen LogP contribution in [0.2, 0.25) is 0 Å². The van der Waals surface area contributed by atoms with Crippen LogP contribution in [0.5, 0.6) is 0 Å². The fourth-order valence-corrected chi connectivity index (χ4v) is 2.99. The molecule has 6 heteroatoms. The second-order valence-electron chi connectivity index (χ2n) is 4.36. The molecule has 0 spiro atoms. The Morgan fingerprint density at radius 3 is 2.58 bits per heavy atom. The summed E-state index contributed by atoms with van der Waals surface area (Å²) in [6.07, 6.45) is 0.499. The molecule has 3 N–H and O–H groups in total. The van der Waals surface area contributed by atoms with E-state index < -0.39 is 21.0 Å². The second-order valence-corrected chi connectivity index (χ2v) is 6.80. The average Bonchev–Trinajstić information content (AvgIpc) is 2.38. The molecule has 0 heterocycles. The van der Waals surface area contributed by atoms with Gasteiger partial charge in [-0.3, -0.25) is 4.79 Å². The first-order chi connectivity index (χ1) is 8.92. The van der Waals surface area contributed by atoms with Crippen molar-refractivity contribution in [2.75, 3.05) is 11.1 Å². The summed E-state index contributed by atoms with van der Waals surface area (Å²) in [6, 6.07) is 7.08. The topological polar surface area (TPSA) is 89.3 Å². The second kappa shape index (κ2) is 6.68. The summed E-state index contributed by atoms with van der Waals surface area (Å²) < 4.78 is 23.7. The summed E-state index contributed by atoms with van der Waals surface area (Å²) >= 11 is 0. The molecule has 1 aromatic rings. The van der Waals surface area contributed by atoms with Gasteiger partial charge in [0.15, 0.2) is 9.84 Å². The third kappa shape index (κ3) is 4.04. The van der Waals surface area contributed by atoms with Crippen molar-refractivity contribution in [2.24, 2.45) is 5.73 Å². The Labute approximate surface area is 114 Å². The first-order valence-corrected chi connectivity index (χ1v) is 7.94. The van der Waals surface area contributed by atoms with Crippen LogP contribution < -0.4 is 11.1 Å². The summed E-state index contributed by atoms with van der Waals surface area (Å²) in [5.41, 5.74) is 6.90. The molecule has 0 aliphatic rings. The highest BCUT2D eigenvalue weighted by Gasteiger charge is 2.27. The zero-order valence-corrected chi connectivity index (χ0v) is 12.0. The predicted octanol–water partition coefficient (Wildman–Crippen LogP) is 1.30. The maximum Gasteiger partial charge on any atom is 0.242 e. The number of benzene rings is 1. The van der Waals surface area contributed by atoms with Crippen LogP contribution in [0.3, 0.4) is 0 Å². The standard InChI is InChI=1S/C13H20N2O3S/c1-3-8-19(17,18)10(2)13(16)15-12-7-5-4-6-11(12)9-14/h4-7,10H,3,8-9,14H2,1-2H3,(H,15,16). The molecule has 0 bridgehead atoms. The highest BCUT2D eigenvalue weighted by Crippen LogP contribution is 2.15. The number of anilines is 1. The van der Waals surface area contributed by atoms with Gasteiger partial charge in [-0.2, -0.15) is 0 Å². The Morgan fingerprint density at radius 2 is 2.00 bits per heavy atom. The van der Waals surface area contributed by atoms with Crippen molar-refractivity contribution in [1.29, 1.82) is 0 Å². The summed E-state index contributed by atoms with van der Waals surface area (Å²) in [7, 11) is -3.39. The predicted molar refractivity (Wildman–Crippen MR) is 76.5 cm³/mol. The minimum atomic E-state index is -3.39. The van der Waals surface area contributed by atoms with Crippen molar-refractivity contribution in [3.8, 4) is 0 Å². The van der Waals surface area contributed by atoms with E-state index in [1.807, 2.05) is 6.07 Å². The molecule has 0 saturated carbocycles. The van der Waals surface area contributed by atoms with Gasteiger partial charge >= 0.3 is 0 Å². The minimum absolute atomic E-state index is 0.0140. The van der Waals surface area contributed by atoms with E-state index in [1.165, 1.54) is 6.92 Å². The molecule has 106 valence electrons. The van der Waals surface area contributed by atoms with Gasteiger partial charge in [-0.05, 0) is 25.0 Å². The fraction of sp³-hybridized carbons (Fsp3) is 0.462. The maximum absolute atomic E-state index is 12.0. The zero-order chi connectivity index (χ0) is 14.5. The third-order valence-corrected chi connectivity index (χ3v) is 5.16. The lowest BCUT2D eigenvalue weighted by atomic mass is 10.2. The molecule has 0 fully saturated rings. The molecule has 19 heavy (non-hydrogen) atoms. The molecule has 1 aromatic carbocycles. The van der Waals surface area contributed by atoms with E-state index in [2.05, 4.69) is 5.32 Å². The average molecular weight is 284 g/mol. The summed E-state index contributed by atoms with van der Waals surface area (Å²) in [4.78, 5) is 12.0.